The Morgan fingerprint density at radius 1 is 1.06 bits per heavy atom. The summed E-state index contributed by atoms with van der Waals surface area (Å²) in [6, 6.07) is 7.61. The summed E-state index contributed by atoms with van der Waals surface area (Å²) in [5.74, 6) is 0. The van der Waals surface area contributed by atoms with Crippen molar-refractivity contribution in [3.8, 4) is 0 Å². The molecule has 1 heteroatoms. The van der Waals surface area contributed by atoms with Crippen molar-refractivity contribution in [2.45, 2.75) is 60.5 Å². The lowest BCUT2D eigenvalue weighted by atomic mass is 9.87. The minimum absolute atomic E-state index is 0.298. The van der Waals surface area contributed by atoms with Gasteiger partial charge in [-0.25, -0.2) is 0 Å². The van der Waals surface area contributed by atoms with Gasteiger partial charge in [-0.05, 0) is 44.2 Å². The highest BCUT2D eigenvalue weighted by Crippen LogP contribution is 2.24. The third-order valence-electron chi connectivity index (χ3n) is 3.69. The van der Waals surface area contributed by atoms with Crippen LogP contribution in [0.5, 0.6) is 0 Å². The van der Waals surface area contributed by atoms with Crippen LogP contribution >= 0.6 is 0 Å². The second-order valence-corrected chi connectivity index (χ2v) is 6.34. The minimum Gasteiger partial charge on any atom is -0.307 e. The zero-order chi connectivity index (χ0) is 13.2. The van der Waals surface area contributed by atoms with Crippen LogP contribution in [0.25, 0.3) is 0 Å². The topological polar surface area (TPSA) is 12.0 Å². The number of hydrogen-bond acceptors (Lipinski definition) is 1. The molecule has 1 rings (SSSR count). The summed E-state index contributed by atoms with van der Waals surface area (Å²) in [5.41, 5.74) is 4.42. The number of rotatable bonds is 3. The second kappa shape index (κ2) is 5.22. The molecule has 2 atom stereocenters. The fourth-order valence-corrected chi connectivity index (χ4v) is 2.03. The molecule has 2 unspecified atom stereocenters. The quantitative estimate of drug-likeness (QED) is 0.816. The van der Waals surface area contributed by atoms with E-state index in [-0.39, 0.29) is 0 Å². The second-order valence-electron chi connectivity index (χ2n) is 6.34. The number of aryl methyl sites for hydroxylation is 2. The van der Waals surface area contributed by atoms with Crippen LogP contribution in [0.3, 0.4) is 0 Å². The van der Waals surface area contributed by atoms with Gasteiger partial charge >= 0.3 is 0 Å². The predicted molar refractivity (Wildman–Crippen MR) is 76.4 cm³/mol. The fraction of sp³-hybridized carbons (Fsp3) is 0.625. The highest BCUT2D eigenvalue weighted by atomic mass is 15.0. The van der Waals surface area contributed by atoms with E-state index >= 15 is 0 Å². The van der Waals surface area contributed by atoms with Crippen molar-refractivity contribution in [3.05, 3.63) is 34.9 Å². The maximum absolute atomic E-state index is 3.70. The number of nitrogens with one attached hydrogen (secondary N) is 1. The molecule has 0 aliphatic rings. The van der Waals surface area contributed by atoms with E-state index in [9.17, 15) is 0 Å². The standard InChI is InChI=1S/C16H27N/c1-11-8-9-15(12(2)10-11)13(3)17-14(4)16(5,6)7/h8-10,13-14,17H,1-7H3. The van der Waals surface area contributed by atoms with Gasteiger partial charge in [0.2, 0.25) is 0 Å². The monoisotopic (exact) mass is 233 g/mol. The fourth-order valence-electron chi connectivity index (χ4n) is 2.03. The van der Waals surface area contributed by atoms with E-state index in [1.807, 2.05) is 0 Å². The molecule has 0 heterocycles. The normalized spacial score (nSPS) is 15.7. The molecule has 0 aliphatic heterocycles. The Hall–Kier alpha value is -0.820. The van der Waals surface area contributed by atoms with E-state index in [1.165, 1.54) is 16.7 Å². The first-order valence-corrected chi connectivity index (χ1v) is 6.55. The summed E-state index contributed by atoms with van der Waals surface area (Å²) in [5, 5.41) is 3.70. The van der Waals surface area contributed by atoms with E-state index in [2.05, 4.69) is 72.0 Å². The molecule has 17 heavy (non-hydrogen) atoms. The summed E-state index contributed by atoms with van der Waals surface area (Å²) >= 11 is 0. The molecule has 1 aromatic carbocycles. The van der Waals surface area contributed by atoms with Crippen molar-refractivity contribution in [1.82, 2.24) is 5.32 Å². The van der Waals surface area contributed by atoms with Crippen LogP contribution in [0, 0.1) is 19.3 Å². The molecule has 0 radical (unpaired) electrons. The zero-order valence-corrected chi connectivity index (χ0v) is 12.4. The molecule has 0 amide bonds. The lowest BCUT2D eigenvalue weighted by Gasteiger charge is -2.31. The molecular formula is C16H27N. The van der Waals surface area contributed by atoms with Gasteiger partial charge in [-0.15, -0.1) is 0 Å². The van der Waals surface area contributed by atoms with Gasteiger partial charge in [0.05, 0.1) is 0 Å². The molecule has 1 aromatic rings. The van der Waals surface area contributed by atoms with Crippen molar-refractivity contribution in [1.29, 1.82) is 0 Å². The van der Waals surface area contributed by atoms with Gasteiger partial charge in [-0.1, -0.05) is 44.5 Å². The lowest BCUT2D eigenvalue weighted by Crippen LogP contribution is -2.39. The highest BCUT2D eigenvalue weighted by Gasteiger charge is 2.22. The third-order valence-corrected chi connectivity index (χ3v) is 3.69. The summed E-state index contributed by atoms with van der Waals surface area (Å²) in [6.45, 7) is 15.7. The SMILES string of the molecule is Cc1ccc(C(C)NC(C)C(C)(C)C)c(C)c1. The summed E-state index contributed by atoms with van der Waals surface area (Å²) in [6.07, 6.45) is 0. The Morgan fingerprint density at radius 2 is 1.65 bits per heavy atom. The zero-order valence-electron chi connectivity index (χ0n) is 12.4. The molecule has 0 bridgehead atoms. The van der Waals surface area contributed by atoms with E-state index in [4.69, 9.17) is 0 Å². The van der Waals surface area contributed by atoms with E-state index in [0.717, 1.165) is 0 Å². The van der Waals surface area contributed by atoms with Crippen LogP contribution in [-0.4, -0.2) is 6.04 Å². The van der Waals surface area contributed by atoms with Gasteiger partial charge in [0.25, 0.3) is 0 Å². The van der Waals surface area contributed by atoms with Gasteiger partial charge in [0, 0.05) is 12.1 Å². The molecule has 0 saturated carbocycles. The minimum atomic E-state index is 0.298. The molecule has 1 nitrogen and oxygen atoms in total. The van der Waals surface area contributed by atoms with Gasteiger partial charge in [0.15, 0.2) is 0 Å². The van der Waals surface area contributed by atoms with Gasteiger partial charge in [-0.2, -0.15) is 0 Å². The van der Waals surface area contributed by atoms with Crippen LogP contribution in [0.15, 0.2) is 18.2 Å². The van der Waals surface area contributed by atoms with Crippen molar-refractivity contribution >= 4 is 0 Å². The Balaban J connectivity index is 2.80. The largest absolute Gasteiger partial charge is 0.307 e. The van der Waals surface area contributed by atoms with E-state index in [0.29, 0.717) is 17.5 Å². The first kappa shape index (κ1) is 14.2. The maximum Gasteiger partial charge on any atom is 0.0297 e. The van der Waals surface area contributed by atoms with Crippen molar-refractivity contribution in [2.75, 3.05) is 0 Å². The number of hydrogen-bond donors (Lipinski definition) is 1. The first-order valence-electron chi connectivity index (χ1n) is 6.55. The summed E-state index contributed by atoms with van der Waals surface area (Å²) in [7, 11) is 0. The molecular weight excluding hydrogens is 206 g/mol. The number of benzene rings is 1. The van der Waals surface area contributed by atoms with Crippen LogP contribution < -0.4 is 5.32 Å². The van der Waals surface area contributed by atoms with Gasteiger partial charge in [-0.3, -0.25) is 0 Å². The van der Waals surface area contributed by atoms with Crippen molar-refractivity contribution in [3.63, 3.8) is 0 Å². The van der Waals surface area contributed by atoms with Crippen LogP contribution in [-0.2, 0) is 0 Å². The molecule has 96 valence electrons. The molecule has 1 N–H and O–H groups in total. The first-order chi connectivity index (χ1) is 7.71. The van der Waals surface area contributed by atoms with Crippen molar-refractivity contribution < 1.29 is 0 Å². The smallest absolute Gasteiger partial charge is 0.0297 e. The lowest BCUT2D eigenvalue weighted by molar-refractivity contribution is 0.268. The average molecular weight is 233 g/mol. The molecule has 0 aliphatic carbocycles. The predicted octanol–water partition coefficient (Wildman–Crippen LogP) is 4.39. The molecule has 0 spiro atoms. The van der Waals surface area contributed by atoms with Crippen LogP contribution in [0.4, 0.5) is 0 Å². The maximum atomic E-state index is 3.70. The molecule has 0 saturated heterocycles. The van der Waals surface area contributed by atoms with Crippen LogP contribution in [0.2, 0.25) is 0 Å². The molecule has 0 fully saturated rings. The van der Waals surface area contributed by atoms with Gasteiger partial charge in [0.1, 0.15) is 0 Å². The Bertz CT molecular complexity index is 374. The highest BCUT2D eigenvalue weighted by molar-refractivity contribution is 5.32. The average Bonchev–Trinajstić information content (AvgIpc) is 2.15. The third kappa shape index (κ3) is 3.85. The Labute approximate surface area is 107 Å². The van der Waals surface area contributed by atoms with E-state index < -0.39 is 0 Å². The van der Waals surface area contributed by atoms with E-state index in [1.54, 1.807) is 0 Å². The van der Waals surface area contributed by atoms with Crippen LogP contribution in [0.1, 0.15) is 57.4 Å². The summed E-state index contributed by atoms with van der Waals surface area (Å²) in [4.78, 5) is 0. The Morgan fingerprint density at radius 3 is 2.12 bits per heavy atom. The Kier molecular flexibility index (Phi) is 4.37. The van der Waals surface area contributed by atoms with Crippen molar-refractivity contribution in [2.24, 2.45) is 5.41 Å². The van der Waals surface area contributed by atoms with Gasteiger partial charge < -0.3 is 5.32 Å². The summed E-state index contributed by atoms with van der Waals surface area (Å²) < 4.78 is 0. The molecule has 0 aromatic heterocycles.